The Morgan fingerprint density at radius 3 is 2.41 bits per heavy atom. The second-order valence-corrected chi connectivity index (χ2v) is 7.75. The van der Waals surface area contributed by atoms with Crippen LogP contribution < -0.4 is 5.32 Å². The summed E-state index contributed by atoms with van der Waals surface area (Å²) in [6.07, 6.45) is 0. The quantitative estimate of drug-likeness (QED) is 0.526. The van der Waals surface area contributed by atoms with Crippen molar-refractivity contribution in [2.24, 2.45) is 0 Å². The number of aryl methyl sites for hydroxylation is 1. The van der Waals surface area contributed by atoms with Crippen molar-refractivity contribution in [3.05, 3.63) is 87.4 Å². The summed E-state index contributed by atoms with van der Waals surface area (Å²) in [5.74, 6) is -0.323. The molecule has 0 aromatic heterocycles. The number of nitrogens with zero attached hydrogens (tertiary/aromatic N) is 1. The molecule has 3 aromatic rings. The summed E-state index contributed by atoms with van der Waals surface area (Å²) in [4.78, 5) is 14.3. The molecule has 0 fully saturated rings. The first-order chi connectivity index (χ1) is 13.0. The van der Waals surface area contributed by atoms with Crippen LogP contribution in [0.4, 0.5) is 5.69 Å². The minimum absolute atomic E-state index is 0.312. The Morgan fingerprint density at radius 1 is 1.00 bits per heavy atom. The van der Waals surface area contributed by atoms with Crippen LogP contribution in [-0.2, 0) is 0 Å². The van der Waals surface area contributed by atoms with Crippen LogP contribution in [0, 0.1) is 18.3 Å². The predicted molar refractivity (Wildman–Crippen MR) is 111 cm³/mol. The van der Waals surface area contributed by atoms with Crippen molar-refractivity contribution in [1.82, 2.24) is 0 Å². The fourth-order valence-corrected chi connectivity index (χ4v) is 3.53. The van der Waals surface area contributed by atoms with Crippen LogP contribution in [0.25, 0.3) is 0 Å². The molecule has 0 aliphatic heterocycles. The average molecular weight is 413 g/mol. The van der Waals surface area contributed by atoms with E-state index in [9.17, 15) is 10.1 Å². The maximum absolute atomic E-state index is 12.4. The summed E-state index contributed by atoms with van der Waals surface area (Å²) >= 11 is 13.3. The molecule has 0 spiro atoms. The highest BCUT2D eigenvalue weighted by atomic mass is 35.5. The van der Waals surface area contributed by atoms with Crippen LogP contribution in [0.15, 0.2) is 70.5 Å². The molecule has 0 radical (unpaired) electrons. The highest BCUT2D eigenvalue weighted by Gasteiger charge is 2.11. The van der Waals surface area contributed by atoms with Gasteiger partial charge in [-0.3, -0.25) is 4.79 Å². The summed E-state index contributed by atoms with van der Waals surface area (Å²) in [5, 5.41) is 13.0. The van der Waals surface area contributed by atoms with Gasteiger partial charge in [0.2, 0.25) is 0 Å². The lowest BCUT2D eigenvalue weighted by Gasteiger charge is -2.09. The van der Waals surface area contributed by atoms with Gasteiger partial charge in [0.05, 0.1) is 15.6 Å². The molecule has 134 valence electrons. The van der Waals surface area contributed by atoms with Crippen LogP contribution >= 0.6 is 35.0 Å². The van der Waals surface area contributed by atoms with E-state index in [0.717, 1.165) is 9.79 Å². The topological polar surface area (TPSA) is 52.9 Å². The largest absolute Gasteiger partial charge is 0.322 e. The van der Waals surface area contributed by atoms with Gasteiger partial charge in [-0.2, -0.15) is 5.26 Å². The number of hydrogen-bond acceptors (Lipinski definition) is 3. The van der Waals surface area contributed by atoms with Crippen molar-refractivity contribution in [1.29, 1.82) is 5.26 Å². The van der Waals surface area contributed by atoms with Gasteiger partial charge < -0.3 is 5.32 Å². The number of halogens is 2. The Morgan fingerprint density at radius 2 is 1.74 bits per heavy atom. The maximum atomic E-state index is 12.4. The SMILES string of the molecule is Cc1ccc(Sc2ccc(NC(=O)c3ccc(Cl)c(Cl)c3)cc2C#N)cc1. The molecule has 0 heterocycles. The van der Waals surface area contributed by atoms with Crippen LogP contribution in [0.2, 0.25) is 10.0 Å². The normalized spacial score (nSPS) is 10.3. The van der Waals surface area contributed by atoms with E-state index in [4.69, 9.17) is 23.2 Å². The van der Waals surface area contributed by atoms with E-state index in [1.807, 2.05) is 37.3 Å². The van der Waals surface area contributed by atoms with Gasteiger partial charge in [-0.05, 0) is 55.5 Å². The summed E-state index contributed by atoms with van der Waals surface area (Å²) in [6.45, 7) is 2.03. The van der Waals surface area contributed by atoms with Crippen LogP contribution in [0.3, 0.4) is 0 Å². The summed E-state index contributed by atoms with van der Waals surface area (Å²) in [5.41, 5.74) is 2.60. The number of amides is 1. The third-order valence-electron chi connectivity index (χ3n) is 3.79. The summed E-state index contributed by atoms with van der Waals surface area (Å²) in [6, 6.07) is 20.2. The van der Waals surface area contributed by atoms with Gasteiger partial charge in [-0.1, -0.05) is 52.7 Å². The Labute approximate surface area is 171 Å². The maximum Gasteiger partial charge on any atom is 0.255 e. The Hall–Kier alpha value is -2.45. The molecule has 27 heavy (non-hydrogen) atoms. The highest BCUT2D eigenvalue weighted by Crippen LogP contribution is 2.32. The fourth-order valence-electron chi connectivity index (χ4n) is 2.36. The van der Waals surface area contributed by atoms with E-state index in [-0.39, 0.29) is 5.91 Å². The summed E-state index contributed by atoms with van der Waals surface area (Å²) < 4.78 is 0. The van der Waals surface area contributed by atoms with Gasteiger partial charge in [0, 0.05) is 21.0 Å². The second kappa shape index (κ2) is 8.49. The Bertz CT molecular complexity index is 1040. The van der Waals surface area contributed by atoms with Gasteiger partial charge in [-0.25, -0.2) is 0 Å². The van der Waals surface area contributed by atoms with Crippen molar-refractivity contribution in [2.75, 3.05) is 5.32 Å². The molecule has 3 nitrogen and oxygen atoms in total. The molecule has 0 saturated carbocycles. The number of benzene rings is 3. The molecular weight excluding hydrogens is 399 g/mol. The standard InChI is InChI=1S/C21H14Cl2N2OS/c1-13-2-6-17(7-3-13)27-20-9-5-16(10-15(20)12-24)25-21(26)14-4-8-18(22)19(23)11-14/h2-11H,1H3,(H,25,26). The molecule has 0 unspecified atom stereocenters. The molecular formula is C21H14Cl2N2OS. The summed E-state index contributed by atoms with van der Waals surface area (Å²) in [7, 11) is 0. The monoisotopic (exact) mass is 412 g/mol. The Balaban J connectivity index is 1.79. The number of rotatable bonds is 4. The lowest BCUT2D eigenvalue weighted by atomic mass is 10.2. The van der Waals surface area contributed by atoms with Gasteiger partial charge in [-0.15, -0.1) is 0 Å². The molecule has 0 bridgehead atoms. The van der Waals surface area contributed by atoms with Crippen LogP contribution in [-0.4, -0.2) is 5.91 Å². The van der Waals surface area contributed by atoms with Crippen molar-refractivity contribution in [3.8, 4) is 6.07 Å². The van der Waals surface area contributed by atoms with Crippen molar-refractivity contribution < 1.29 is 4.79 Å². The minimum atomic E-state index is -0.323. The van der Waals surface area contributed by atoms with Gasteiger partial charge in [0.15, 0.2) is 0 Å². The van der Waals surface area contributed by atoms with Crippen LogP contribution in [0.5, 0.6) is 0 Å². The van der Waals surface area contributed by atoms with Gasteiger partial charge >= 0.3 is 0 Å². The average Bonchev–Trinajstić information content (AvgIpc) is 2.66. The molecule has 0 aliphatic rings. The number of nitriles is 1. The number of hydrogen-bond donors (Lipinski definition) is 1. The third kappa shape index (κ3) is 4.84. The van der Waals surface area contributed by atoms with E-state index < -0.39 is 0 Å². The molecule has 1 amide bonds. The van der Waals surface area contributed by atoms with E-state index in [1.165, 1.54) is 23.4 Å². The lowest BCUT2D eigenvalue weighted by Crippen LogP contribution is -2.12. The van der Waals surface area contributed by atoms with Crippen molar-refractivity contribution in [3.63, 3.8) is 0 Å². The predicted octanol–water partition coefficient (Wildman–Crippen LogP) is 6.58. The molecule has 1 N–H and O–H groups in total. The van der Waals surface area contributed by atoms with E-state index in [0.29, 0.717) is 26.9 Å². The Kier molecular flexibility index (Phi) is 6.08. The second-order valence-electron chi connectivity index (χ2n) is 5.82. The number of nitrogens with one attached hydrogen (secondary N) is 1. The molecule has 3 rings (SSSR count). The molecule has 3 aromatic carbocycles. The highest BCUT2D eigenvalue weighted by molar-refractivity contribution is 7.99. The number of carbonyl (C=O) groups is 1. The van der Waals surface area contributed by atoms with Gasteiger partial charge in [0.1, 0.15) is 6.07 Å². The zero-order valence-electron chi connectivity index (χ0n) is 14.3. The molecule has 0 atom stereocenters. The lowest BCUT2D eigenvalue weighted by molar-refractivity contribution is 0.102. The van der Waals surface area contributed by atoms with E-state index in [2.05, 4.69) is 11.4 Å². The number of anilines is 1. The zero-order chi connectivity index (χ0) is 19.4. The first-order valence-corrected chi connectivity index (χ1v) is 9.58. The zero-order valence-corrected chi connectivity index (χ0v) is 16.6. The van der Waals surface area contributed by atoms with E-state index >= 15 is 0 Å². The van der Waals surface area contributed by atoms with Crippen molar-refractivity contribution in [2.45, 2.75) is 16.7 Å². The van der Waals surface area contributed by atoms with Crippen molar-refractivity contribution >= 4 is 46.6 Å². The van der Waals surface area contributed by atoms with E-state index in [1.54, 1.807) is 24.3 Å². The van der Waals surface area contributed by atoms with Crippen LogP contribution in [0.1, 0.15) is 21.5 Å². The smallest absolute Gasteiger partial charge is 0.255 e. The third-order valence-corrected chi connectivity index (χ3v) is 5.61. The first-order valence-electron chi connectivity index (χ1n) is 8.01. The van der Waals surface area contributed by atoms with Gasteiger partial charge in [0.25, 0.3) is 5.91 Å². The first kappa shape index (κ1) is 19.3. The number of carbonyl (C=O) groups excluding carboxylic acids is 1. The molecule has 6 heteroatoms. The minimum Gasteiger partial charge on any atom is -0.322 e. The molecule has 0 saturated heterocycles. The molecule has 0 aliphatic carbocycles. The fraction of sp³-hybridized carbons (Fsp3) is 0.0476.